The third-order valence-electron chi connectivity index (χ3n) is 3.83. The molecule has 0 saturated heterocycles. The first-order chi connectivity index (χ1) is 11.1. The van der Waals surface area contributed by atoms with E-state index in [-0.39, 0.29) is 5.78 Å². The molecule has 0 saturated carbocycles. The summed E-state index contributed by atoms with van der Waals surface area (Å²) in [6, 6.07) is 9.77. The minimum Gasteiger partial charge on any atom is -0.294 e. The van der Waals surface area contributed by atoms with Crippen LogP contribution in [0.15, 0.2) is 53.4 Å². The Hall–Kier alpha value is -2.27. The van der Waals surface area contributed by atoms with Crippen molar-refractivity contribution < 1.29 is 4.79 Å². The monoisotopic (exact) mass is 369 g/mol. The molecule has 0 atom stereocenters. The van der Waals surface area contributed by atoms with Crippen molar-refractivity contribution >= 4 is 21.7 Å². The van der Waals surface area contributed by atoms with E-state index in [9.17, 15) is 4.79 Å². The van der Waals surface area contributed by atoms with Gasteiger partial charge in [0.1, 0.15) is 0 Å². The molecule has 0 aliphatic rings. The number of carbonyl (C=O) groups is 1. The second kappa shape index (κ2) is 6.46. The van der Waals surface area contributed by atoms with Gasteiger partial charge in [0.2, 0.25) is 0 Å². The third kappa shape index (κ3) is 3.24. The number of hydrogen-bond donors (Lipinski definition) is 0. The largest absolute Gasteiger partial charge is 0.294 e. The molecule has 2 heterocycles. The maximum atomic E-state index is 11.8. The van der Waals surface area contributed by atoms with Crippen molar-refractivity contribution in [2.75, 3.05) is 0 Å². The van der Waals surface area contributed by atoms with Gasteiger partial charge < -0.3 is 0 Å². The average molecular weight is 370 g/mol. The quantitative estimate of drug-likeness (QED) is 0.649. The Morgan fingerprint density at radius 1 is 1.22 bits per heavy atom. The molecule has 116 valence electrons. The number of halogens is 1. The van der Waals surface area contributed by atoms with E-state index in [1.54, 1.807) is 25.4 Å². The lowest BCUT2D eigenvalue weighted by Crippen LogP contribution is -2.03. The Bertz CT molecular complexity index is 870. The fourth-order valence-corrected chi connectivity index (χ4v) is 2.99. The van der Waals surface area contributed by atoms with Crippen molar-refractivity contribution in [3.63, 3.8) is 0 Å². The van der Waals surface area contributed by atoms with Crippen molar-refractivity contribution in [2.24, 2.45) is 0 Å². The van der Waals surface area contributed by atoms with Crippen LogP contribution in [0.25, 0.3) is 5.69 Å². The maximum absolute atomic E-state index is 11.8. The maximum Gasteiger partial charge on any atom is 0.160 e. The molecule has 0 fully saturated rings. The summed E-state index contributed by atoms with van der Waals surface area (Å²) in [5.74, 6) is 0.0550. The Labute approximate surface area is 143 Å². The van der Waals surface area contributed by atoms with Crippen LogP contribution < -0.4 is 0 Å². The van der Waals surface area contributed by atoms with E-state index in [2.05, 4.69) is 26.0 Å². The number of carbonyl (C=O) groups excluding carboxylic acids is 1. The summed E-state index contributed by atoms with van der Waals surface area (Å²) in [5.41, 5.74) is 4.79. The van der Waals surface area contributed by atoms with Crippen LogP contribution in [-0.4, -0.2) is 20.5 Å². The highest BCUT2D eigenvalue weighted by Crippen LogP contribution is 2.21. The number of Topliss-reactive ketones (excluding diaryl/α,β-unsaturated/α-hetero) is 1. The Kier molecular flexibility index (Phi) is 4.39. The molecule has 0 amide bonds. The van der Waals surface area contributed by atoms with Gasteiger partial charge in [0.25, 0.3) is 0 Å². The van der Waals surface area contributed by atoms with Gasteiger partial charge in [-0.15, -0.1) is 0 Å². The average Bonchev–Trinajstić information content (AvgIpc) is 2.89. The highest BCUT2D eigenvalue weighted by Gasteiger charge is 2.13. The molecule has 0 spiro atoms. The van der Waals surface area contributed by atoms with Gasteiger partial charge in [0.15, 0.2) is 5.78 Å². The summed E-state index contributed by atoms with van der Waals surface area (Å²) in [4.78, 5) is 15.9. The van der Waals surface area contributed by atoms with Gasteiger partial charge in [-0.1, -0.05) is 22.0 Å². The molecule has 0 aliphatic carbocycles. The lowest BCUT2D eigenvalue weighted by molar-refractivity contribution is 0.101. The summed E-state index contributed by atoms with van der Waals surface area (Å²) in [6.07, 6.45) is 5.90. The zero-order valence-electron chi connectivity index (χ0n) is 13.0. The van der Waals surface area contributed by atoms with Crippen LogP contribution in [0.5, 0.6) is 0 Å². The van der Waals surface area contributed by atoms with E-state index >= 15 is 0 Å². The molecule has 2 aromatic heterocycles. The first-order valence-electron chi connectivity index (χ1n) is 7.29. The second-order valence-corrected chi connectivity index (χ2v) is 6.33. The molecule has 3 aromatic rings. The van der Waals surface area contributed by atoms with Crippen molar-refractivity contribution in [3.05, 3.63) is 75.8 Å². The summed E-state index contributed by atoms with van der Waals surface area (Å²) >= 11 is 3.48. The molecule has 0 aliphatic heterocycles. The predicted molar refractivity (Wildman–Crippen MR) is 93.0 cm³/mol. The fraction of sp³-hybridized carbons (Fsp3) is 0.167. The SMILES string of the molecule is CC(=O)c1ccncc1Cc1cnn(-c2cccc(Br)c2)c1C. The van der Waals surface area contributed by atoms with Crippen LogP contribution >= 0.6 is 15.9 Å². The summed E-state index contributed by atoms with van der Waals surface area (Å²) in [6.45, 7) is 3.61. The molecule has 0 N–H and O–H groups in total. The van der Waals surface area contributed by atoms with Gasteiger partial charge in [-0.2, -0.15) is 5.10 Å². The molecule has 0 unspecified atom stereocenters. The third-order valence-corrected chi connectivity index (χ3v) is 4.32. The minimum absolute atomic E-state index is 0.0550. The van der Waals surface area contributed by atoms with E-state index in [1.807, 2.05) is 42.1 Å². The summed E-state index contributed by atoms with van der Waals surface area (Å²) in [5, 5.41) is 4.49. The Morgan fingerprint density at radius 3 is 2.78 bits per heavy atom. The van der Waals surface area contributed by atoms with E-state index < -0.39 is 0 Å². The number of rotatable bonds is 4. The van der Waals surface area contributed by atoms with Gasteiger partial charge in [-0.25, -0.2) is 4.68 Å². The highest BCUT2D eigenvalue weighted by atomic mass is 79.9. The predicted octanol–water partition coefficient (Wildman–Crippen LogP) is 4.13. The smallest absolute Gasteiger partial charge is 0.160 e. The van der Waals surface area contributed by atoms with Gasteiger partial charge in [-0.3, -0.25) is 9.78 Å². The molecular formula is C18H16BrN3O. The van der Waals surface area contributed by atoms with Gasteiger partial charge in [-0.05, 0) is 49.2 Å². The number of aromatic nitrogens is 3. The number of hydrogen-bond acceptors (Lipinski definition) is 3. The molecule has 5 heteroatoms. The van der Waals surface area contributed by atoms with Gasteiger partial charge in [0.05, 0.1) is 11.9 Å². The lowest BCUT2D eigenvalue weighted by atomic mass is 10.0. The van der Waals surface area contributed by atoms with Crippen LogP contribution in [0.3, 0.4) is 0 Å². The fourth-order valence-electron chi connectivity index (χ4n) is 2.60. The van der Waals surface area contributed by atoms with Crippen LogP contribution in [0.1, 0.15) is 34.1 Å². The van der Waals surface area contributed by atoms with E-state index in [0.717, 1.165) is 32.5 Å². The van der Waals surface area contributed by atoms with Crippen molar-refractivity contribution in [3.8, 4) is 5.69 Å². The van der Waals surface area contributed by atoms with Crippen molar-refractivity contribution in [2.45, 2.75) is 20.3 Å². The second-order valence-electron chi connectivity index (χ2n) is 5.41. The van der Waals surface area contributed by atoms with Crippen LogP contribution in [0, 0.1) is 6.92 Å². The molecule has 1 aromatic carbocycles. The zero-order valence-corrected chi connectivity index (χ0v) is 14.5. The standard InChI is InChI=1S/C18H16BrN3O/c1-12-14(8-15-10-20-7-6-18(15)13(2)23)11-21-22(12)17-5-3-4-16(19)9-17/h3-7,9-11H,8H2,1-2H3. The number of ketones is 1. The van der Waals surface area contributed by atoms with E-state index in [4.69, 9.17) is 0 Å². The van der Waals surface area contributed by atoms with Crippen LogP contribution in [-0.2, 0) is 6.42 Å². The number of pyridine rings is 1. The Morgan fingerprint density at radius 2 is 2.04 bits per heavy atom. The Balaban J connectivity index is 1.96. The summed E-state index contributed by atoms with van der Waals surface area (Å²) in [7, 11) is 0. The number of benzene rings is 1. The normalized spacial score (nSPS) is 10.7. The summed E-state index contributed by atoms with van der Waals surface area (Å²) < 4.78 is 2.92. The van der Waals surface area contributed by atoms with E-state index in [1.165, 1.54) is 0 Å². The molecule has 3 rings (SSSR count). The molecule has 23 heavy (non-hydrogen) atoms. The van der Waals surface area contributed by atoms with Crippen molar-refractivity contribution in [1.82, 2.24) is 14.8 Å². The van der Waals surface area contributed by atoms with Crippen molar-refractivity contribution in [1.29, 1.82) is 0 Å². The van der Waals surface area contributed by atoms with E-state index in [0.29, 0.717) is 6.42 Å². The number of nitrogens with zero attached hydrogens (tertiary/aromatic N) is 3. The van der Waals surface area contributed by atoms with Gasteiger partial charge in [0, 0.05) is 34.5 Å². The molecular weight excluding hydrogens is 354 g/mol. The minimum atomic E-state index is 0.0550. The van der Waals surface area contributed by atoms with Crippen LogP contribution in [0.2, 0.25) is 0 Å². The van der Waals surface area contributed by atoms with Gasteiger partial charge >= 0.3 is 0 Å². The topological polar surface area (TPSA) is 47.8 Å². The molecule has 0 radical (unpaired) electrons. The first kappa shape index (κ1) is 15.6. The van der Waals surface area contributed by atoms with Crippen LogP contribution in [0.4, 0.5) is 0 Å². The molecule has 4 nitrogen and oxygen atoms in total. The molecule has 0 bridgehead atoms. The highest BCUT2D eigenvalue weighted by molar-refractivity contribution is 9.10. The zero-order chi connectivity index (χ0) is 16.4. The first-order valence-corrected chi connectivity index (χ1v) is 8.09. The lowest BCUT2D eigenvalue weighted by Gasteiger charge is -2.08.